The highest BCUT2D eigenvalue weighted by Gasteiger charge is 2.44. The van der Waals surface area contributed by atoms with E-state index in [9.17, 15) is 9.90 Å². The van der Waals surface area contributed by atoms with E-state index >= 15 is 0 Å². The van der Waals surface area contributed by atoms with Crippen molar-refractivity contribution in [2.75, 3.05) is 6.54 Å². The van der Waals surface area contributed by atoms with Gasteiger partial charge in [-0.15, -0.1) is 0 Å². The molecule has 1 aromatic carbocycles. The van der Waals surface area contributed by atoms with Gasteiger partial charge in [-0.1, -0.05) is 36.2 Å². The summed E-state index contributed by atoms with van der Waals surface area (Å²) in [5.74, 6) is 0.272. The van der Waals surface area contributed by atoms with E-state index in [1.807, 2.05) is 18.7 Å². The minimum absolute atomic E-state index is 0.431. The van der Waals surface area contributed by atoms with E-state index in [4.69, 9.17) is 0 Å². The first-order valence-electron chi connectivity index (χ1n) is 7.62. The molecule has 1 fully saturated rings. The lowest BCUT2D eigenvalue weighted by Crippen LogP contribution is -2.50. The lowest BCUT2D eigenvalue weighted by molar-refractivity contribution is -0.144. The Labute approximate surface area is 131 Å². The van der Waals surface area contributed by atoms with Crippen molar-refractivity contribution in [3.63, 3.8) is 0 Å². The quantitative estimate of drug-likeness (QED) is 0.844. The third-order valence-electron chi connectivity index (χ3n) is 4.16. The molecule has 3 nitrogen and oxygen atoms in total. The summed E-state index contributed by atoms with van der Waals surface area (Å²) in [5, 5.41) is 13.1. The first kappa shape index (κ1) is 16.4. The van der Waals surface area contributed by atoms with Gasteiger partial charge in [-0.25, -0.2) is 0 Å². The van der Waals surface area contributed by atoms with E-state index < -0.39 is 11.5 Å². The zero-order valence-electron chi connectivity index (χ0n) is 13.1. The fraction of sp³-hybridized carbons (Fsp3) is 0.588. The predicted molar refractivity (Wildman–Crippen MR) is 88.9 cm³/mol. The summed E-state index contributed by atoms with van der Waals surface area (Å²) in [4.78, 5) is 11.6. The van der Waals surface area contributed by atoms with Crippen LogP contribution in [0.3, 0.4) is 0 Å². The van der Waals surface area contributed by atoms with Crippen molar-refractivity contribution in [1.82, 2.24) is 5.32 Å². The third kappa shape index (κ3) is 4.01. The van der Waals surface area contributed by atoms with Gasteiger partial charge >= 0.3 is 5.97 Å². The summed E-state index contributed by atoms with van der Waals surface area (Å²) in [6.07, 6.45) is 2.45. The van der Waals surface area contributed by atoms with Gasteiger partial charge in [-0.3, -0.25) is 4.79 Å². The second-order valence-electron chi connectivity index (χ2n) is 6.09. The Bertz CT molecular complexity index is 497. The van der Waals surface area contributed by atoms with E-state index in [0.29, 0.717) is 11.8 Å². The Balaban J connectivity index is 1.94. The van der Waals surface area contributed by atoms with E-state index in [0.717, 1.165) is 25.0 Å². The molecule has 0 aromatic heterocycles. The molecule has 0 amide bonds. The number of carboxylic acid groups (broad SMARTS) is 1. The maximum absolute atomic E-state index is 11.6. The molecule has 0 radical (unpaired) electrons. The molecular weight excluding hydrogens is 282 g/mol. The van der Waals surface area contributed by atoms with Crippen molar-refractivity contribution < 1.29 is 9.90 Å². The minimum atomic E-state index is -0.699. The third-order valence-corrected chi connectivity index (χ3v) is 5.53. The lowest BCUT2D eigenvalue weighted by Gasteiger charge is -2.25. The van der Waals surface area contributed by atoms with Crippen LogP contribution in [0.5, 0.6) is 0 Å². The SMILES string of the molecule is CCNC1(C(=O)O)CCC(SCc2cc(C)cc(C)c2)C1. The van der Waals surface area contributed by atoms with Crippen LogP contribution in [0.15, 0.2) is 18.2 Å². The van der Waals surface area contributed by atoms with Gasteiger partial charge in [0, 0.05) is 11.0 Å². The molecule has 2 N–H and O–H groups in total. The first-order valence-corrected chi connectivity index (χ1v) is 8.67. The number of thioether (sulfide) groups is 1. The highest BCUT2D eigenvalue weighted by atomic mass is 32.2. The summed E-state index contributed by atoms with van der Waals surface area (Å²) in [5.41, 5.74) is 3.23. The molecule has 2 rings (SSSR count). The number of benzene rings is 1. The molecule has 0 saturated heterocycles. The molecule has 1 aliphatic carbocycles. The van der Waals surface area contributed by atoms with Crippen molar-refractivity contribution in [3.05, 3.63) is 34.9 Å². The number of likely N-dealkylation sites (N-methyl/N-ethyl adjacent to an activating group) is 1. The Kier molecular flexibility index (Phi) is 5.33. The molecule has 116 valence electrons. The molecule has 1 aromatic rings. The number of hydrogen-bond donors (Lipinski definition) is 2. The highest BCUT2D eigenvalue weighted by Crippen LogP contribution is 2.38. The zero-order chi connectivity index (χ0) is 15.5. The number of nitrogens with one attached hydrogen (secondary N) is 1. The molecule has 0 spiro atoms. The average Bonchev–Trinajstić information content (AvgIpc) is 2.81. The van der Waals surface area contributed by atoms with Crippen LogP contribution in [0.4, 0.5) is 0 Å². The van der Waals surface area contributed by atoms with E-state index in [2.05, 4.69) is 37.4 Å². The molecule has 2 unspecified atom stereocenters. The Morgan fingerprint density at radius 2 is 2.05 bits per heavy atom. The molecule has 4 heteroatoms. The average molecular weight is 307 g/mol. The molecule has 1 aliphatic rings. The van der Waals surface area contributed by atoms with Crippen LogP contribution in [-0.2, 0) is 10.5 Å². The van der Waals surface area contributed by atoms with Gasteiger partial charge in [0.1, 0.15) is 5.54 Å². The molecule has 0 heterocycles. The molecule has 21 heavy (non-hydrogen) atoms. The monoisotopic (exact) mass is 307 g/mol. The summed E-state index contributed by atoms with van der Waals surface area (Å²) in [6.45, 7) is 6.93. The maximum atomic E-state index is 11.6. The van der Waals surface area contributed by atoms with Crippen molar-refractivity contribution in [1.29, 1.82) is 0 Å². The Morgan fingerprint density at radius 1 is 1.38 bits per heavy atom. The molecule has 2 atom stereocenters. The van der Waals surface area contributed by atoms with E-state index in [1.54, 1.807) is 0 Å². The van der Waals surface area contributed by atoms with Gasteiger partial charge < -0.3 is 10.4 Å². The molecule has 0 bridgehead atoms. The number of rotatable bonds is 6. The van der Waals surface area contributed by atoms with Crippen LogP contribution in [0, 0.1) is 13.8 Å². The van der Waals surface area contributed by atoms with Gasteiger partial charge in [-0.2, -0.15) is 11.8 Å². The van der Waals surface area contributed by atoms with Gasteiger partial charge in [0.15, 0.2) is 0 Å². The van der Waals surface area contributed by atoms with Crippen molar-refractivity contribution in [3.8, 4) is 0 Å². The zero-order valence-corrected chi connectivity index (χ0v) is 13.9. The standard InChI is InChI=1S/C17H25NO2S/c1-4-18-17(16(19)20)6-5-15(10-17)21-11-14-8-12(2)7-13(3)9-14/h7-9,15,18H,4-6,10-11H2,1-3H3,(H,19,20). The van der Waals surface area contributed by atoms with Crippen molar-refractivity contribution in [2.24, 2.45) is 0 Å². The minimum Gasteiger partial charge on any atom is -0.480 e. The van der Waals surface area contributed by atoms with E-state index in [-0.39, 0.29) is 0 Å². The molecule has 1 saturated carbocycles. The van der Waals surface area contributed by atoms with Gasteiger partial charge in [0.05, 0.1) is 0 Å². The molecule has 0 aliphatic heterocycles. The van der Waals surface area contributed by atoms with Crippen LogP contribution in [0.1, 0.15) is 42.9 Å². The van der Waals surface area contributed by atoms with Crippen LogP contribution < -0.4 is 5.32 Å². The number of carboxylic acids is 1. The van der Waals surface area contributed by atoms with Gasteiger partial charge in [-0.05, 0) is 45.2 Å². The summed E-state index contributed by atoms with van der Waals surface area (Å²) in [6, 6.07) is 6.64. The number of carbonyl (C=O) groups is 1. The highest BCUT2D eigenvalue weighted by molar-refractivity contribution is 7.99. The van der Waals surface area contributed by atoms with Crippen LogP contribution in [0.2, 0.25) is 0 Å². The van der Waals surface area contributed by atoms with Crippen LogP contribution in [-0.4, -0.2) is 28.4 Å². The van der Waals surface area contributed by atoms with Gasteiger partial charge in [0.25, 0.3) is 0 Å². The van der Waals surface area contributed by atoms with Crippen LogP contribution >= 0.6 is 11.8 Å². The smallest absolute Gasteiger partial charge is 0.323 e. The fourth-order valence-electron chi connectivity index (χ4n) is 3.28. The maximum Gasteiger partial charge on any atom is 0.323 e. The fourth-order valence-corrected chi connectivity index (χ4v) is 4.56. The number of aliphatic carboxylic acids is 1. The first-order chi connectivity index (χ1) is 9.95. The summed E-state index contributed by atoms with van der Waals surface area (Å²) < 4.78 is 0. The van der Waals surface area contributed by atoms with Crippen LogP contribution in [0.25, 0.3) is 0 Å². The topological polar surface area (TPSA) is 49.3 Å². The number of hydrogen-bond acceptors (Lipinski definition) is 3. The van der Waals surface area contributed by atoms with Crippen molar-refractivity contribution in [2.45, 2.75) is 56.6 Å². The summed E-state index contributed by atoms with van der Waals surface area (Å²) in [7, 11) is 0. The normalized spacial score (nSPS) is 25.2. The summed E-state index contributed by atoms with van der Waals surface area (Å²) >= 11 is 1.90. The van der Waals surface area contributed by atoms with E-state index in [1.165, 1.54) is 16.7 Å². The van der Waals surface area contributed by atoms with Gasteiger partial charge in [0.2, 0.25) is 0 Å². The number of aryl methyl sites for hydroxylation is 2. The second kappa shape index (κ2) is 6.84. The molecular formula is C17H25NO2S. The second-order valence-corrected chi connectivity index (χ2v) is 7.38. The Morgan fingerprint density at radius 3 is 2.62 bits per heavy atom. The largest absolute Gasteiger partial charge is 0.480 e. The van der Waals surface area contributed by atoms with Crippen molar-refractivity contribution >= 4 is 17.7 Å². The lowest BCUT2D eigenvalue weighted by atomic mass is 9.98. The Hall–Kier alpha value is -1.00. The predicted octanol–water partition coefficient (Wildman–Crippen LogP) is 3.52.